The van der Waals surface area contributed by atoms with E-state index in [2.05, 4.69) is 15.0 Å². The molecule has 2 aromatic heterocycles. The zero-order valence-electron chi connectivity index (χ0n) is 13.4. The summed E-state index contributed by atoms with van der Waals surface area (Å²) >= 11 is 5.70. The van der Waals surface area contributed by atoms with E-state index in [1.54, 1.807) is 12.4 Å². The Hall–Kier alpha value is -1.95. The van der Waals surface area contributed by atoms with Crippen LogP contribution in [0.5, 0.6) is 0 Å². The number of piperidine rings is 1. The minimum Gasteiger partial charge on any atom is -0.341 e. The molecule has 6 nitrogen and oxygen atoms in total. The number of hydrogen-bond acceptors (Lipinski definition) is 4. The molecule has 0 radical (unpaired) electrons. The fourth-order valence-corrected chi connectivity index (χ4v) is 3.25. The maximum Gasteiger partial charge on any atom is 0.237 e. The van der Waals surface area contributed by atoms with Gasteiger partial charge in [-0.2, -0.15) is 0 Å². The average Bonchev–Trinajstić information content (AvgIpc) is 2.93. The second-order valence-corrected chi connectivity index (χ2v) is 6.12. The molecule has 1 fully saturated rings. The van der Waals surface area contributed by atoms with Gasteiger partial charge in [0.05, 0.1) is 17.6 Å². The lowest BCUT2D eigenvalue weighted by Gasteiger charge is -2.32. The number of aryl methyl sites for hydroxylation is 1. The highest BCUT2D eigenvalue weighted by atomic mass is 35.5. The Balaban J connectivity index is 1.94. The Bertz CT molecular complexity index is 714. The third-order valence-corrected chi connectivity index (χ3v) is 4.69. The Kier molecular flexibility index (Phi) is 4.61. The van der Waals surface area contributed by atoms with Crippen LogP contribution in [0.1, 0.15) is 30.3 Å². The molecular weight excluding hydrogens is 314 g/mol. The van der Waals surface area contributed by atoms with E-state index in [9.17, 15) is 4.79 Å². The standard InChI is InChI=1S/C16H20ClN5O/c1-11-20-9-13(21(11)2)16-15(18-5-6-19-16)12-4-3-7-22(10-12)14(23)8-17/h5-6,9,12H,3-4,7-8,10H2,1-2H3. The van der Waals surface area contributed by atoms with Gasteiger partial charge in [-0.15, -0.1) is 11.6 Å². The number of carbonyl (C=O) groups excluding carboxylic acids is 1. The number of carbonyl (C=O) groups is 1. The predicted molar refractivity (Wildman–Crippen MR) is 88.2 cm³/mol. The first-order chi connectivity index (χ1) is 11.1. The Labute approximate surface area is 140 Å². The molecule has 1 aliphatic heterocycles. The fourth-order valence-electron chi connectivity index (χ4n) is 3.08. The number of rotatable bonds is 3. The van der Waals surface area contributed by atoms with E-state index in [0.717, 1.165) is 42.3 Å². The Morgan fingerprint density at radius 1 is 1.35 bits per heavy atom. The summed E-state index contributed by atoms with van der Waals surface area (Å²) in [6.07, 6.45) is 7.19. The SMILES string of the molecule is Cc1ncc(-c2nccnc2C2CCCN(C(=O)CCl)C2)n1C. The minimum absolute atomic E-state index is 0.0156. The van der Waals surface area contributed by atoms with Crippen molar-refractivity contribution in [1.82, 2.24) is 24.4 Å². The zero-order valence-corrected chi connectivity index (χ0v) is 14.1. The number of hydrogen-bond donors (Lipinski definition) is 0. The van der Waals surface area contributed by atoms with E-state index < -0.39 is 0 Å². The molecule has 0 aromatic carbocycles. The molecule has 0 saturated carbocycles. The number of amides is 1. The van der Waals surface area contributed by atoms with E-state index in [4.69, 9.17) is 11.6 Å². The van der Waals surface area contributed by atoms with Crippen LogP contribution < -0.4 is 0 Å². The Morgan fingerprint density at radius 2 is 2.13 bits per heavy atom. The van der Waals surface area contributed by atoms with Crippen LogP contribution in [-0.4, -0.2) is 49.3 Å². The number of nitrogens with zero attached hydrogens (tertiary/aromatic N) is 5. The molecule has 1 saturated heterocycles. The van der Waals surface area contributed by atoms with Gasteiger partial charge < -0.3 is 9.47 Å². The summed E-state index contributed by atoms with van der Waals surface area (Å²) in [7, 11) is 1.97. The summed E-state index contributed by atoms with van der Waals surface area (Å²) in [5, 5.41) is 0. The van der Waals surface area contributed by atoms with Crippen molar-refractivity contribution in [2.75, 3.05) is 19.0 Å². The van der Waals surface area contributed by atoms with Gasteiger partial charge in [0.15, 0.2) is 0 Å². The molecule has 23 heavy (non-hydrogen) atoms. The van der Waals surface area contributed by atoms with Gasteiger partial charge in [0.1, 0.15) is 17.4 Å². The van der Waals surface area contributed by atoms with Gasteiger partial charge in [-0.05, 0) is 19.8 Å². The van der Waals surface area contributed by atoms with Gasteiger partial charge in [0.25, 0.3) is 0 Å². The van der Waals surface area contributed by atoms with E-state index in [1.165, 1.54) is 0 Å². The summed E-state index contributed by atoms with van der Waals surface area (Å²) < 4.78 is 2.01. The first-order valence-corrected chi connectivity index (χ1v) is 8.28. The fraction of sp³-hybridized carbons (Fsp3) is 0.500. The first kappa shape index (κ1) is 15.9. The molecule has 1 unspecified atom stereocenters. The molecule has 1 aliphatic rings. The van der Waals surface area contributed by atoms with Crippen molar-refractivity contribution in [3.05, 3.63) is 30.1 Å². The normalized spacial score (nSPS) is 18.2. The van der Waals surface area contributed by atoms with Crippen LogP contribution in [0.15, 0.2) is 18.6 Å². The molecule has 3 heterocycles. The molecule has 1 atom stereocenters. The number of aromatic nitrogens is 4. The molecule has 3 rings (SSSR count). The molecule has 0 aliphatic carbocycles. The van der Waals surface area contributed by atoms with Crippen LogP contribution in [0, 0.1) is 6.92 Å². The van der Waals surface area contributed by atoms with Crippen LogP contribution in [0.2, 0.25) is 0 Å². The van der Waals surface area contributed by atoms with Crippen molar-refractivity contribution in [1.29, 1.82) is 0 Å². The van der Waals surface area contributed by atoms with Crippen LogP contribution >= 0.6 is 11.6 Å². The largest absolute Gasteiger partial charge is 0.341 e. The van der Waals surface area contributed by atoms with Gasteiger partial charge in [-0.25, -0.2) is 4.98 Å². The van der Waals surface area contributed by atoms with E-state index in [0.29, 0.717) is 6.54 Å². The van der Waals surface area contributed by atoms with Crippen molar-refractivity contribution in [3.8, 4) is 11.4 Å². The van der Waals surface area contributed by atoms with Crippen molar-refractivity contribution in [2.24, 2.45) is 7.05 Å². The third kappa shape index (κ3) is 3.08. The second kappa shape index (κ2) is 6.66. The molecule has 2 aromatic rings. The van der Waals surface area contributed by atoms with Crippen molar-refractivity contribution in [2.45, 2.75) is 25.7 Å². The highest BCUT2D eigenvalue weighted by Crippen LogP contribution is 2.31. The minimum atomic E-state index is -0.0156. The van der Waals surface area contributed by atoms with Gasteiger partial charge in [-0.3, -0.25) is 14.8 Å². The predicted octanol–water partition coefficient (Wildman–Crippen LogP) is 2.13. The summed E-state index contributed by atoms with van der Waals surface area (Å²) in [6, 6.07) is 0. The first-order valence-electron chi connectivity index (χ1n) is 7.75. The zero-order chi connectivity index (χ0) is 16.4. The van der Waals surface area contributed by atoms with Gasteiger partial charge in [0, 0.05) is 38.4 Å². The van der Waals surface area contributed by atoms with Crippen molar-refractivity contribution >= 4 is 17.5 Å². The van der Waals surface area contributed by atoms with E-state index in [-0.39, 0.29) is 17.7 Å². The summed E-state index contributed by atoms with van der Waals surface area (Å²) in [6.45, 7) is 3.37. The van der Waals surface area contributed by atoms with Crippen molar-refractivity contribution < 1.29 is 4.79 Å². The highest BCUT2D eigenvalue weighted by Gasteiger charge is 2.28. The maximum atomic E-state index is 11.9. The molecule has 0 bridgehead atoms. The molecule has 0 spiro atoms. The summed E-state index contributed by atoms with van der Waals surface area (Å²) in [5.41, 5.74) is 2.73. The molecule has 7 heteroatoms. The van der Waals surface area contributed by atoms with Crippen molar-refractivity contribution in [3.63, 3.8) is 0 Å². The summed E-state index contributed by atoms with van der Waals surface area (Å²) in [4.78, 5) is 27.2. The molecule has 1 amide bonds. The smallest absolute Gasteiger partial charge is 0.237 e. The monoisotopic (exact) mass is 333 g/mol. The topological polar surface area (TPSA) is 63.9 Å². The van der Waals surface area contributed by atoms with Crippen LogP contribution in [0.3, 0.4) is 0 Å². The highest BCUT2D eigenvalue weighted by molar-refractivity contribution is 6.27. The average molecular weight is 334 g/mol. The maximum absolute atomic E-state index is 11.9. The Morgan fingerprint density at radius 3 is 2.83 bits per heavy atom. The lowest BCUT2D eigenvalue weighted by Crippen LogP contribution is -2.40. The van der Waals surface area contributed by atoms with Crippen LogP contribution in [0.4, 0.5) is 0 Å². The van der Waals surface area contributed by atoms with Crippen LogP contribution in [0.25, 0.3) is 11.4 Å². The lowest BCUT2D eigenvalue weighted by molar-refractivity contribution is -0.129. The number of alkyl halides is 1. The van der Waals surface area contributed by atoms with Crippen LogP contribution in [-0.2, 0) is 11.8 Å². The number of likely N-dealkylation sites (tertiary alicyclic amines) is 1. The number of halogens is 1. The van der Waals surface area contributed by atoms with E-state index in [1.807, 2.05) is 29.6 Å². The molecule has 0 N–H and O–H groups in total. The van der Waals surface area contributed by atoms with Gasteiger partial charge >= 0.3 is 0 Å². The van der Waals surface area contributed by atoms with Gasteiger partial charge in [-0.1, -0.05) is 0 Å². The molecule has 122 valence electrons. The summed E-state index contributed by atoms with van der Waals surface area (Å²) in [5.74, 6) is 1.12. The molecular formula is C16H20ClN5O. The quantitative estimate of drug-likeness (QED) is 0.807. The number of imidazole rings is 1. The lowest BCUT2D eigenvalue weighted by atomic mass is 9.92. The second-order valence-electron chi connectivity index (χ2n) is 5.85. The van der Waals surface area contributed by atoms with E-state index >= 15 is 0 Å². The van der Waals surface area contributed by atoms with Gasteiger partial charge in [0.2, 0.25) is 5.91 Å². The third-order valence-electron chi connectivity index (χ3n) is 4.46.